The number of aromatic nitrogens is 2. The lowest BCUT2D eigenvalue weighted by molar-refractivity contribution is -0.110. The summed E-state index contributed by atoms with van der Waals surface area (Å²) in [5.74, 6) is 0.287. The first-order valence-corrected chi connectivity index (χ1v) is 15.1. The first-order chi connectivity index (χ1) is 18.5. The van der Waals surface area contributed by atoms with Gasteiger partial charge in [0.15, 0.2) is 0 Å². The Morgan fingerprint density at radius 2 is 1.82 bits per heavy atom. The van der Waals surface area contributed by atoms with Crippen molar-refractivity contribution in [3.05, 3.63) is 70.4 Å². The molecule has 2 heterocycles. The molecule has 3 aromatic rings. The predicted octanol–water partition coefficient (Wildman–Crippen LogP) is 5.73. The summed E-state index contributed by atoms with van der Waals surface area (Å²) in [4.78, 5) is 10.8. The maximum absolute atomic E-state index is 13.5. The number of aliphatic hydroxyl groups excluding tert-OH is 1. The second-order valence-electron chi connectivity index (χ2n) is 10.6. The number of sulfonamides is 1. The van der Waals surface area contributed by atoms with E-state index in [0.717, 1.165) is 42.5 Å². The van der Waals surface area contributed by atoms with Gasteiger partial charge in [-0.3, -0.25) is 4.90 Å². The molecule has 1 fully saturated rings. The minimum absolute atomic E-state index is 0.0530. The largest absolute Gasteiger partial charge is 0.391 e. The van der Waals surface area contributed by atoms with E-state index in [0.29, 0.717) is 17.2 Å². The van der Waals surface area contributed by atoms with Crippen LogP contribution in [0.4, 0.5) is 5.95 Å². The maximum Gasteiger partial charge on any atom is 0.264 e. The van der Waals surface area contributed by atoms with Gasteiger partial charge < -0.3 is 9.84 Å². The molecule has 0 radical (unpaired) electrons. The summed E-state index contributed by atoms with van der Waals surface area (Å²) in [5, 5.41) is 10.9. The molecule has 0 bridgehead atoms. The average molecular weight is 573 g/mol. The molecule has 3 atom stereocenters. The summed E-state index contributed by atoms with van der Waals surface area (Å²) in [5.41, 5.74) is 4.10. The Hall–Kier alpha value is -2.56. The number of hydrogen-bond donors (Lipinski definition) is 2. The third-order valence-electron chi connectivity index (χ3n) is 7.14. The quantitative estimate of drug-likeness (QED) is 0.315. The molecule has 10 heteroatoms. The SMILES string of the molecule is COC(c1cccc(S(=O)(=O)Nc2nc(Cl)cc(-c3c(C)cccc3C)n2)c1)N1CCC[C@H](O)[C@H]1CC(C)C. The standard InChI is InChI=1S/C29H37ClN4O4S/c1-18(2)15-24-25(35)13-8-14-34(24)28(38-5)21-11-7-12-22(16-21)39(36,37)33-29-31-23(17-26(30)32-29)27-19(3)9-6-10-20(27)4/h6-7,9-12,16-18,24-25,28,35H,8,13-15H2,1-5H3,(H,31,32,33)/t24-,25+,28?/m1/s1. The van der Waals surface area contributed by atoms with Crippen LogP contribution in [-0.4, -0.2) is 54.2 Å². The smallest absolute Gasteiger partial charge is 0.264 e. The summed E-state index contributed by atoms with van der Waals surface area (Å²) in [6.45, 7) is 8.94. The van der Waals surface area contributed by atoms with E-state index in [1.54, 1.807) is 25.3 Å². The fourth-order valence-electron chi connectivity index (χ4n) is 5.42. The fraction of sp³-hybridized carbons (Fsp3) is 0.448. The Balaban J connectivity index is 1.64. The van der Waals surface area contributed by atoms with Crippen molar-refractivity contribution in [1.82, 2.24) is 14.9 Å². The van der Waals surface area contributed by atoms with Gasteiger partial charge in [0, 0.05) is 31.3 Å². The van der Waals surface area contributed by atoms with Gasteiger partial charge in [-0.05, 0) is 67.9 Å². The lowest BCUT2D eigenvalue weighted by atomic mass is 9.90. The Morgan fingerprint density at radius 1 is 1.13 bits per heavy atom. The van der Waals surface area contributed by atoms with Crippen molar-refractivity contribution in [3.8, 4) is 11.3 Å². The number of rotatable bonds is 9. The average Bonchev–Trinajstić information content (AvgIpc) is 2.86. The van der Waals surface area contributed by atoms with E-state index in [1.807, 2.05) is 38.1 Å². The van der Waals surface area contributed by atoms with Gasteiger partial charge in [-0.25, -0.2) is 23.1 Å². The normalized spacial score (nSPS) is 19.3. The molecule has 1 aliphatic heterocycles. The Kier molecular flexibility index (Phi) is 9.29. The molecule has 8 nitrogen and oxygen atoms in total. The van der Waals surface area contributed by atoms with Crippen LogP contribution < -0.4 is 4.72 Å². The molecule has 0 amide bonds. The zero-order chi connectivity index (χ0) is 28.3. The van der Waals surface area contributed by atoms with E-state index in [1.165, 1.54) is 6.07 Å². The van der Waals surface area contributed by atoms with E-state index in [-0.39, 0.29) is 22.0 Å². The molecule has 1 saturated heterocycles. The number of benzene rings is 2. The number of halogens is 1. The first-order valence-electron chi connectivity index (χ1n) is 13.2. The second-order valence-corrected chi connectivity index (χ2v) is 12.6. The number of hydrogen-bond acceptors (Lipinski definition) is 7. The summed E-state index contributed by atoms with van der Waals surface area (Å²) in [6, 6.07) is 14.1. The van der Waals surface area contributed by atoms with Crippen molar-refractivity contribution in [2.75, 3.05) is 18.4 Å². The lowest BCUT2D eigenvalue weighted by Gasteiger charge is -2.43. The van der Waals surface area contributed by atoms with Crippen LogP contribution >= 0.6 is 11.6 Å². The van der Waals surface area contributed by atoms with Crippen molar-refractivity contribution >= 4 is 27.6 Å². The van der Waals surface area contributed by atoms with Crippen LogP contribution in [0.15, 0.2) is 53.4 Å². The molecule has 210 valence electrons. The second kappa shape index (κ2) is 12.3. The number of anilines is 1. The van der Waals surface area contributed by atoms with Crippen molar-refractivity contribution in [1.29, 1.82) is 0 Å². The van der Waals surface area contributed by atoms with E-state index < -0.39 is 22.4 Å². The fourth-order valence-corrected chi connectivity index (χ4v) is 6.60. The molecule has 0 saturated carbocycles. The molecule has 4 rings (SSSR count). The van der Waals surface area contributed by atoms with Gasteiger partial charge in [0.25, 0.3) is 10.0 Å². The topological polar surface area (TPSA) is 105 Å². The Bertz CT molecular complexity index is 1400. The lowest BCUT2D eigenvalue weighted by Crippen LogP contribution is -2.50. The van der Waals surface area contributed by atoms with Gasteiger partial charge in [0.05, 0.1) is 16.7 Å². The van der Waals surface area contributed by atoms with E-state index in [4.69, 9.17) is 16.3 Å². The van der Waals surface area contributed by atoms with Crippen molar-refractivity contribution < 1.29 is 18.3 Å². The highest BCUT2D eigenvalue weighted by Gasteiger charge is 2.36. The molecular weight excluding hydrogens is 536 g/mol. The summed E-state index contributed by atoms with van der Waals surface area (Å²) < 4.78 is 35.3. The maximum atomic E-state index is 13.5. The summed E-state index contributed by atoms with van der Waals surface area (Å²) in [6.07, 6.45) is 1.43. The van der Waals surface area contributed by atoms with E-state index >= 15 is 0 Å². The number of piperidine rings is 1. The van der Waals surface area contributed by atoms with Crippen LogP contribution in [0.5, 0.6) is 0 Å². The minimum atomic E-state index is -4.04. The van der Waals surface area contributed by atoms with Gasteiger partial charge in [-0.2, -0.15) is 0 Å². The van der Waals surface area contributed by atoms with Crippen LogP contribution in [0, 0.1) is 19.8 Å². The zero-order valence-corrected chi connectivity index (χ0v) is 24.6. The highest BCUT2D eigenvalue weighted by molar-refractivity contribution is 7.92. The van der Waals surface area contributed by atoms with Crippen LogP contribution in [0.2, 0.25) is 5.15 Å². The molecule has 1 aromatic heterocycles. The molecule has 1 aliphatic rings. The van der Waals surface area contributed by atoms with Crippen LogP contribution in [0.25, 0.3) is 11.3 Å². The highest BCUT2D eigenvalue weighted by Crippen LogP contribution is 2.34. The zero-order valence-electron chi connectivity index (χ0n) is 23.1. The third kappa shape index (κ3) is 6.78. The summed E-state index contributed by atoms with van der Waals surface area (Å²) >= 11 is 6.28. The first kappa shape index (κ1) is 29.4. The van der Waals surface area contributed by atoms with Gasteiger partial charge in [0.2, 0.25) is 5.95 Å². The number of ether oxygens (including phenoxy) is 1. The van der Waals surface area contributed by atoms with Gasteiger partial charge >= 0.3 is 0 Å². The van der Waals surface area contributed by atoms with Crippen molar-refractivity contribution in [2.45, 2.75) is 70.2 Å². The molecule has 0 spiro atoms. The monoisotopic (exact) mass is 572 g/mol. The van der Waals surface area contributed by atoms with Crippen LogP contribution in [0.3, 0.4) is 0 Å². The molecular formula is C29H37ClN4O4S. The molecule has 2 aromatic carbocycles. The van der Waals surface area contributed by atoms with Gasteiger partial charge in [0.1, 0.15) is 11.4 Å². The highest BCUT2D eigenvalue weighted by atomic mass is 35.5. The number of aliphatic hydroxyl groups is 1. The van der Waals surface area contributed by atoms with Crippen molar-refractivity contribution in [3.63, 3.8) is 0 Å². The predicted molar refractivity (Wildman–Crippen MR) is 154 cm³/mol. The van der Waals surface area contributed by atoms with Crippen LogP contribution in [-0.2, 0) is 14.8 Å². The molecule has 2 N–H and O–H groups in total. The molecule has 0 aliphatic carbocycles. The van der Waals surface area contributed by atoms with E-state index in [2.05, 4.69) is 33.4 Å². The number of methoxy groups -OCH3 is 1. The number of nitrogens with zero attached hydrogens (tertiary/aromatic N) is 3. The van der Waals surface area contributed by atoms with Gasteiger partial charge in [-0.1, -0.05) is 55.8 Å². The minimum Gasteiger partial charge on any atom is -0.391 e. The summed E-state index contributed by atoms with van der Waals surface area (Å²) in [7, 11) is -2.44. The Labute approximate surface area is 236 Å². The van der Waals surface area contributed by atoms with Gasteiger partial charge in [-0.15, -0.1) is 0 Å². The molecule has 39 heavy (non-hydrogen) atoms. The third-order valence-corrected chi connectivity index (χ3v) is 8.65. The number of aryl methyl sites for hydroxylation is 2. The number of nitrogens with one attached hydrogen (secondary N) is 1. The van der Waals surface area contributed by atoms with Crippen molar-refractivity contribution in [2.24, 2.45) is 5.92 Å². The molecule has 1 unspecified atom stereocenters. The van der Waals surface area contributed by atoms with Crippen LogP contribution in [0.1, 0.15) is 56.0 Å². The van der Waals surface area contributed by atoms with E-state index in [9.17, 15) is 13.5 Å². The Morgan fingerprint density at radius 3 is 2.49 bits per heavy atom. The number of likely N-dealkylation sites (tertiary alicyclic amines) is 1.